The van der Waals surface area contributed by atoms with Gasteiger partial charge in [0, 0.05) is 17.4 Å². The number of benzene rings is 1. The highest BCUT2D eigenvalue weighted by Crippen LogP contribution is 2.41. The Hall–Kier alpha value is -2.28. The minimum Gasteiger partial charge on any atom is -0.481 e. The molecule has 2 saturated heterocycles. The van der Waals surface area contributed by atoms with Crippen LogP contribution in [-0.4, -0.2) is 59.7 Å². The fraction of sp³-hybridized carbons (Fsp3) is 0.438. The minimum atomic E-state index is -4.85. The molecule has 1 aromatic carbocycles. The molecule has 2 aliphatic rings. The predicted molar refractivity (Wildman–Crippen MR) is 98.7 cm³/mol. The number of sulfone groups is 1. The number of hydrogen-bond acceptors (Lipinski definition) is 6. The molecule has 13 heteroatoms. The first-order chi connectivity index (χ1) is 13.4. The number of ether oxygens (including phenoxy) is 1. The van der Waals surface area contributed by atoms with E-state index in [-0.39, 0.29) is 23.1 Å². The summed E-state index contributed by atoms with van der Waals surface area (Å²) in [7, 11) is -3.31. The molecule has 3 rings (SSSR count). The quantitative estimate of drug-likeness (QED) is 0.722. The van der Waals surface area contributed by atoms with E-state index in [1.54, 1.807) is 0 Å². The van der Waals surface area contributed by atoms with Crippen LogP contribution < -0.4 is 9.64 Å². The number of aliphatic imine (C=N–C) groups is 1. The number of carboxylic acids is 1. The van der Waals surface area contributed by atoms with Crippen molar-refractivity contribution in [1.29, 1.82) is 0 Å². The molecule has 158 valence electrons. The van der Waals surface area contributed by atoms with Crippen LogP contribution in [0, 0.1) is 0 Å². The van der Waals surface area contributed by atoms with Gasteiger partial charge in [0.2, 0.25) is 5.91 Å². The summed E-state index contributed by atoms with van der Waals surface area (Å²) in [5.41, 5.74) is 0.349. The summed E-state index contributed by atoms with van der Waals surface area (Å²) in [4.78, 5) is 28.0. The molecule has 29 heavy (non-hydrogen) atoms. The second kappa shape index (κ2) is 7.86. The summed E-state index contributed by atoms with van der Waals surface area (Å²) in [6.45, 7) is 0. The van der Waals surface area contributed by atoms with Gasteiger partial charge < -0.3 is 14.7 Å². The van der Waals surface area contributed by atoms with Gasteiger partial charge in [-0.1, -0.05) is 11.8 Å². The van der Waals surface area contributed by atoms with Gasteiger partial charge in [0.25, 0.3) is 0 Å². The first-order valence-electron chi connectivity index (χ1n) is 8.29. The van der Waals surface area contributed by atoms with Crippen LogP contribution in [-0.2, 0) is 19.4 Å². The van der Waals surface area contributed by atoms with E-state index < -0.39 is 51.5 Å². The molecule has 8 nitrogen and oxygen atoms in total. The summed E-state index contributed by atoms with van der Waals surface area (Å²) in [5, 5.41) is 8.47. The molecule has 0 spiro atoms. The lowest BCUT2D eigenvalue weighted by atomic mass is 10.2. The second-order valence-electron chi connectivity index (χ2n) is 6.39. The SMILES string of the molecule is O=C(O)CCC(=O)N=C1SC2CS(=O)(=O)CC2N1c1ccc(OC(F)(F)F)cc1. The van der Waals surface area contributed by atoms with Crippen molar-refractivity contribution < 1.29 is 41.0 Å². The molecule has 1 N–H and O–H groups in total. The topological polar surface area (TPSA) is 113 Å². The molecular formula is C16H15F3N2O6S2. The Bertz CT molecular complexity index is 946. The van der Waals surface area contributed by atoms with Crippen LogP contribution in [0.5, 0.6) is 5.75 Å². The highest BCUT2D eigenvalue weighted by Gasteiger charge is 2.49. The van der Waals surface area contributed by atoms with Gasteiger partial charge in [-0.2, -0.15) is 4.99 Å². The fourth-order valence-corrected chi connectivity index (χ4v) is 6.98. The Morgan fingerprint density at radius 3 is 2.45 bits per heavy atom. The Kier molecular flexibility index (Phi) is 5.81. The zero-order chi connectivity index (χ0) is 21.4. The number of anilines is 1. The van der Waals surface area contributed by atoms with Crippen molar-refractivity contribution in [3.8, 4) is 5.75 Å². The minimum absolute atomic E-state index is 0.115. The molecule has 1 aromatic rings. The summed E-state index contributed by atoms with van der Waals surface area (Å²) < 4.78 is 64.8. The van der Waals surface area contributed by atoms with Crippen molar-refractivity contribution in [2.75, 3.05) is 16.4 Å². The summed E-state index contributed by atoms with van der Waals surface area (Å²) in [5.74, 6) is -2.58. The number of alkyl halides is 3. The number of amidine groups is 1. The van der Waals surface area contributed by atoms with Crippen molar-refractivity contribution in [3.63, 3.8) is 0 Å². The van der Waals surface area contributed by atoms with Crippen molar-refractivity contribution in [2.45, 2.75) is 30.5 Å². The van der Waals surface area contributed by atoms with Crippen LogP contribution in [0.4, 0.5) is 18.9 Å². The van der Waals surface area contributed by atoms with Crippen molar-refractivity contribution in [2.24, 2.45) is 4.99 Å². The molecule has 0 aliphatic carbocycles. The largest absolute Gasteiger partial charge is 0.573 e. The van der Waals surface area contributed by atoms with Crippen molar-refractivity contribution in [1.82, 2.24) is 0 Å². The van der Waals surface area contributed by atoms with Crippen LogP contribution in [0.3, 0.4) is 0 Å². The number of aliphatic carboxylic acids is 1. The van der Waals surface area contributed by atoms with Gasteiger partial charge in [-0.05, 0) is 24.3 Å². The standard InChI is InChI=1S/C16H15F3N2O6S2/c17-16(18,19)27-10-3-1-9(2-4-10)21-11-7-29(25,26)8-12(11)28-15(21)20-13(22)5-6-14(23)24/h1-4,11-12H,5-8H2,(H,23,24). The fourth-order valence-electron chi connectivity index (χ4n) is 3.05. The highest BCUT2D eigenvalue weighted by atomic mass is 32.2. The molecule has 2 aliphatic heterocycles. The van der Waals surface area contributed by atoms with Crippen LogP contribution >= 0.6 is 11.8 Å². The van der Waals surface area contributed by atoms with E-state index >= 15 is 0 Å². The van der Waals surface area contributed by atoms with E-state index in [1.165, 1.54) is 17.0 Å². The summed E-state index contributed by atoms with van der Waals surface area (Å²) in [6, 6.07) is 4.24. The Morgan fingerprint density at radius 2 is 1.86 bits per heavy atom. The smallest absolute Gasteiger partial charge is 0.481 e. The molecule has 0 saturated carbocycles. The first kappa shape index (κ1) is 21.4. The molecular weight excluding hydrogens is 437 g/mol. The third-order valence-corrected chi connectivity index (χ3v) is 7.40. The van der Waals surface area contributed by atoms with Gasteiger partial charge in [-0.15, -0.1) is 13.2 Å². The van der Waals surface area contributed by atoms with E-state index in [0.29, 0.717) is 5.69 Å². The number of nitrogens with zero attached hydrogens (tertiary/aromatic N) is 2. The third kappa shape index (κ3) is 5.41. The van der Waals surface area contributed by atoms with E-state index in [0.717, 1.165) is 23.9 Å². The molecule has 2 fully saturated rings. The number of carbonyl (C=O) groups is 2. The van der Waals surface area contributed by atoms with E-state index in [2.05, 4.69) is 9.73 Å². The van der Waals surface area contributed by atoms with Crippen LogP contribution in [0.2, 0.25) is 0 Å². The lowest BCUT2D eigenvalue weighted by Crippen LogP contribution is -2.37. The molecule has 0 aromatic heterocycles. The average molecular weight is 452 g/mol. The number of halogens is 3. The maximum Gasteiger partial charge on any atom is 0.573 e. The number of carboxylic acid groups (broad SMARTS) is 1. The van der Waals surface area contributed by atoms with Crippen molar-refractivity contribution in [3.05, 3.63) is 24.3 Å². The zero-order valence-corrected chi connectivity index (χ0v) is 16.3. The highest BCUT2D eigenvalue weighted by molar-refractivity contribution is 8.16. The van der Waals surface area contributed by atoms with E-state index in [9.17, 15) is 31.2 Å². The van der Waals surface area contributed by atoms with Gasteiger partial charge in [0.15, 0.2) is 15.0 Å². The summed E-state index contributed by atoms with van der Waals surface area (Å²) in [6.07, 6.45) is -5.57. The third-order valence-electron chi connectivity index (χ3n) is 4.19. The molecule has 1 amide bonds. The van der Waals surface area contributed by atoms with E-state index in [4.69, 9.17) is 5.11 Å². The normalized spacial score (nSPS) is 24.5. The van der Waals surface area contributed by atoms with Crippen molar-refractivity contribution >= 4 is 44.3 Å². The van der Waals surface area contributed by atoms with Crippen LogP contribution in [0.15, 0.2) is 29.3 Å². The molecule has 2 unspecified atom stereocenters. The monoisotopic (exact) mass is 452 g/mol. The number of rotatable bonds is 5. The number of hydrogen-bond donors (Lipinski definition) is 1. The van der Waals surface area contributed by atoms with Crippen LogP contribution in [0.25, 0.3) is 0 Å². The number of amides is 1. The second-order valence-corrected chi connectivity index (χ2v) is 9.75. The summed E-state index contributed by atoms with van der Waals surface area (Å²) >= 11 is 1.08. The molecule has 0 bridgehead atoms. The number of carbonyl (C=O) groups excluding carboxylic acids is 1. The Labute approximate surface area is 167 Å². The number of thioether (sulfide) groups is 1. The first-order valence-corrected chi connectivity index (χ1v) is 11.0. The predicted octanol–water partition coefficient (Wildman–Crippen LogP) is 2.05. The molecule has 0 radical (unpaired) electrons. The molecule has 2 heterocycles. The van der Waals surface area contributed by atoms with Gasteiger partial charge in [0.05, 0.1) is 24.0 Å². The molecule has 2 atom stereocenters. The zero-order valence-electron chi connectivity index (χ0n) is 14.6. The maximum atomic E-state index is 12.3. The maximum absolute atomic E-state index is 12.3. The van der Waals surface area contributed by atoms with Gasteiger partial charge in [0.1, 0.15) is 5.75 Å². The average Bonchev–Trinajstić information content (AvgIpc) is 3.03. The van der Waals surface area contributed by atoms with Gasteiger partial charge in [-0.3, -0.25) is 9.59 Å². The Morgan fingerprint density at radius 1 is 1.21 bits per heavy atom. The Balaban J connectivity index is 1.88. The van der Waals surface area contributed by atoms with Crippen LogP contribution in [0.1, 0.15) is 12.8 Å². The number of fused-ring (bicyclic) bond motifs is 1. The lowest BCUT2D eigenvalue weighted by molar-refractivity contribution is -0.274. The van der Waals surface area contributed by atoms with E-state index in [1.807, 2.05) is 0 Å². The lowest BCUT2D eigenvalue weighted by Gasteiger charge is -2.24. The van der Waals surface area contributed by atoms with Gasteiger partial charge in [-0.25, -0.2) is 8.42 Å². The van der Waals surface area contributed by atoms with Gasteiger partial charge >= 0.3 is 12.3 Å².